The largest absolute Gasteiger partial charge is 0.339 e. The summed E-state index contributed by atoms with van der Waals surface area (Å²) in [4.78, 5) is 14.4. The molecule has 0 saturated carbocycles. The molecule has 1 aliphatic rings. The molecule has 0 radical (unpaired) electrons. The van der Waals surface area contributed by atoms with E-state index in [2.05, 4.69) is 4.72 Å². The summed E-state index contributed by atoms with van der Waals surface area (Å²) in [6, 6.07) is 10.3. The Labute approximate surface area is 156 Å². The van der Waals surface area contributed by atoms with E-state index in [1.54, 1.807) is 17.0 Å². The molecule has 0 bridgehead atoms. The van der Waals surface area contributed by atoms with Crippen LogP contribution in [0, 0.1) is 0 Å². The number of hydrogen-bond acceptors (Lipinski definition) is 3. The van der Waals surface area contributed by atoms with Crippen molar-refractivity contribution in [2.24, 2.45) is 0 Å². The average molecular weight is 399 g/mol. The fourth-order valence-corrected chi connectivity index (χ4v) is 4.06. The van der Waals surface area contributed by atoms with Crippen molar-refractivity contribution in [1.29, 1.82) is 0 Å². The van der Waals surface area contributed by atoms with Gasteiger partial charge in [-0.3, -0.25) is 9.52 Å². The molecule has 0 aliphatic carbocycles. The molecular formula is C17H16Cl2N2O3S. The number of nitrogens with one attached hydrogen (secondary N) is 1. The molecule has 0 atom stereocenters. The van der Waals surface area contributed by atoms with Crippen LogP contribution >= 0.6 is 23.2 Å². The fourth-order valence-electron chi connectivity index (χ4n) is 2.70. The van der Waals surface area contributed by atoms with Crippen molar-refractivity contribution >= 4 is 44.8 Å². The average Bonchev–Trinajstić information content (AvgIpc) is 3.09. The Kier molecular flexibility index (Phi) is 5.22. The van der Waals surface area contributed by atoms with Crippen LogP contribution in [-0.2, 0) is 10.0 Å². The summed E-state index contributed by atoms with van der Waals surface area (Å²) in [5, 5.41) is 0.776. The number of likely N-dealkylation sites (tertiary alicyclic amines) is 1. The lowest BCUT2D eigenvalue weighted by molar-refractivity contribution is 0.0794. The quantitative estimate of drug-likeness (QED) is 0.844. The van der Waals surface area contributed by atoms with Crippen LogP contribution in [0.25, 0.3) is 0 Å². The fraction of sp³-hybridized carbons (Fsp3) is 0.235. The maximum atomic E-state index is 12.7. The number of nitrogens with zero attached hydrogens (tertiary/aromatic N) is 1. The summed E-state index contributed by atoms with van der Waals surface area (Å²) >= 11 is 11.8. The Morgan fingerprint density at radius 2 is 1.56 bits per heavy atom. The Hall–Kier alpha value is -1.76. The molecule has 25 heavy (non-hydrogen) atoms. The van der Waals surface area contributed by atoms with Gasteiger partial charge in [0.1, 0.15) is 0 Å². The molecular weight excluding hydrogens is 383 g/mol. The standard InChI is InChI=1S/C17H16Cl2N2O3S/c18-12-3-6-14(7-4-12)25(23,24)20-16-11-13(19)5-8-15(16)17(22)21-9-1-2-10-21/h3-8,11,20H,1-2,9-10H2. The van der Waals surface area contributed by atoms with Gasteiger partial charge in [-0.2, -0.15) is 0 Å². The van der Waals surface area contributed by atoms with Crippen LogP contribution in [-0.4, -0.2) is 32.3 Å². The number of rotatable bonds is 4. The lowest BCUT2D eigenvalue weighted by Crippen LogP contribution is -2.28. The van der Waals surface area contributed by atoms with Crippen LogP contribution in [0.15, 0.2) is 47.4 Å². The van der Waals surface area contributed by atoms with Crippen molar-refractivity contribution in [3.05, 3.63) is 58.1 Å². The monoisotopic (exact) mass is 398 g/mol. The van der Waals surface area contributed by atoms with Crippen LogP contribution in [0.2, 0.25) is 10.0 Å². The van der Waals surface area contributed by atoms with Gasteiger partial charge in [-0.1, -0.05) is 23.2 Å². The number of carbonyl (C=O) groups excluding carboxylic acids is 1. The van der Waals surface area contributed by atoms with E-state index in [1.165, 1.54) is 30.3 Å². The summed E-state index contributed by atoms with van der Waals surface area (Å²) in [6.07, 6.45) is 1.90. The molecule has 2 aromatic carbocycles. The molecule has 1 amide bonds. The molecule has 0 aromatic heterocycles. The van der Waals surface area contributed by atoms with Gasteiger partial charge >= 0.3 is 0 Å². The highest BCUT2D eigenvalue weighted by Crippen LogP contribution is 2.27. The molecule has 5 nitrogen and oxygen atoms in total. The molecule has 132 valence electrons. The molecule has 2 aromatic rings. The number of hydrogen-bond donors (Lipinski definition) is 1. The van der Waals surface area contributed by atoms with Crippen LogP contribution in [0.5, 0.6) is 0 Å². The van der Waals surface area contributed by atoms with Gasteiger partial charge in [0, 0.05) is 23.1 Å². The van der Waals surface area contributed by atoms with Gasteiger partial charge in [0.05, 0.1) is 16.1 Å². The number of anilines is 1. The number of amides is 1. The Morgan fingerprint density at radius 3 is 2.20 bits per heavy atom. The Bertz CT molecular complexity index is 893. The third-order valence-electron chi connectivity index (χ3n) is 3.97. The van der Waals surface area contributed by atoms with E-state index in [4.69, 9.17) is 23.2 Å². The predicted octanol–water partition coefficient (Wildman–Crippen LogP) is 4.03. The van der Waals surface area contributed by atoms with Gasteiger partial charge < -0.3 is 4.90 Å². The van der Waals surface area contributed by atoms with E-state index >= 15 is 0 Å². The van der Waals surface area contributed by atoms with Gasteiger partial charge in [-0.15, -0.1) is 0 Å². The predicted molar refractivity (Wildman–Crippen MR) is 98.9 cm³/mol. The van der Waals surface area contributed by atoms with Crippen molar-refractivity contribution in [2.75, 3.05) is 17.8 Å². The second kappa shape index (κ2) is 7.23. The van der Waals surface area contributed by atoms with Crippen LogP contribution in [0.4, 0.5) is 5.69 Å². The van der Waals surface area contributed by atoms with Crippen LogP contribution in [0.3, 0.4) is 0 Å². The molecule has 0 unspecified atom stereocenters. The van der Waals surface area contributed by atoms with E-state index in [1.807, 2.05) is 0 Å². The third-order valence-corrected chi connectivity index (χ3v) is 5.84. The molecule has 1 fully saturated rings. The van der Waals surface area contributed by atoms with Crippen molar-refractivity contribution in [3.63, 3.8) is 0 Å². The Balaban J connectivity index is 1.94. The van der Waals surface area contributed by atoms with Gasteiger partial charge in [0.25, 0.3) is 15.9 Å². The van der Waals surface area contributed by atoms with Crippen molar-refractivity contribution < 1.29 is 13.2 Å². The van der Waals surface area contributed by atoms with Crippen LogP contribution in [0.1, 0.15) is 23.2 Å². The van der Waals surface area contributed by atoms with Crippen molar-refractivity contribution in [1.82, 2.24) is 4.90 Å². The first-order valence-electron chi connectivity index (χ1n) is 7.74. The lowest BCUT2D eigenvalue weighted by atomic mass is 10.1. The highest BCUT2D eigenvalue weighted by atomic mass is 35.5. The van der Waals surface area contributed by atoms with E-state index in [0.29, 0.717) is 23.1 Å². The lowest BCUT2D eigenvalue weighted by Gasteiger charge is -2.18. The summed E-state index contributed by atoms with van der Waals surface area (Å²) < 4.78 is 27.7. The number of halogens is 2. The molecule has 0 spiro atoms. The highest BCUT2D eigenvalue weighted by molar-refractivity contribution is 7.92. The molecule has 8 heteroatoms. The first-order valence-corrected chi connectivity index (χ1v) is 9.98. The molecule has 1 aliphatic heterocycles. The summed E-state index contributed by atoms with van der Waals surface area (Å²) in [5.41, 5.74) is 0.447. The second-order valence-electron chi connectivity index (χ2n) is 5.75. The van der Waals surface area contributed by atoms with E-state index in [9.17, 15) is 13.2 Å². The number of carbonyl (C=O) groups is 1. The first-order chi connectivity index (χ1) is 11.9. The minimum absolute atomic E-state index is 0.0523. The van der Waals surface area contributed by atoms with Gasteiger partial charge in [0.2, 0.25) is 0 Å². The maximum Gasteiger partial charge on any atom is 0.261 e. The van der Waals surface area contributed by atoms with Crippen molar-refractivity contribution in [3.8, 4) is 0 Å². The van der Waals surface area contributed by atoms with Gasteiger partial charge in [0.15, 0.2) is 0 Å². The van der Waals surface area contributed by atoms with Crippen LogP contribution < -0.4 is 4.72 Å². The minimum Gasteiger partial charge on any atom is -0.339 e. The zero-order valence-electron chi connectivity index (χ0n) is 13.2. The van der Waals surface area contributed by atoms with Gasteiger partial charge in [-0.25, -0.2) is 8.42 Å². The second-order valence-corrected chi connectivity index (χ2v) is 8.30. The molecule has 1 heterocycles. The zero-order chi connectivity index (χ0) is 18.0. The molecule has 3 rings (SSSR count). The number of sulfonamides is 1. The van der Waals surface area contributed by atoms with Gasteiger partial charge in [-0.05, 0) is 55.3 Å². The number of benzene rings is 2. The minimum atomic E-state index is -3.86. The smallest absolute Gasteiger partial charge is 0.261 e. The highest BCUT2D eigenvalue weighted by Gasteiger charge is 2.24. The van der Waals surface area contributed by atoms with E-state index < -0.39 is 10.0 Å². The first kappa shape index (κ1) is 18.0. The Morgan fingerprint density at radius 1 is 0.960 bits per heavy atom. The summed E-state index contributed by atoms with van der Waals surface area (Å²) in [5.74, 6) is -0.206. The SMILES string of the molecule is O=C(c1ccc(Cl)cc1NS(=O)(=O)c1ccc(Cl)cc1)N1CCCC1. The van der Waals surface area contributed by atoms with E-state index in [-0.39, 0.29) is 22.1 Å². The molecule has 1 saturated heterocycles. The third kappa shape index (κ3) is 4.08. The topological polar surface area (TPSA) is 66.5 Å². The van der Waals surface area contributed by atoms with E-state index in [0.717, 1.165) is 12.8 Å². The normalized spacial score (nSPS) is 14.6. The zero-order valence-corrected chi connectivity index (χ0v) is 15.5. The molecule has 1 N–H and O–H groups in total. The van der Waals surface area contributed by atoms with Crippen molar-refractivity contribution in [2.45, 2.75) is 17.7 Å². The maximum absolute atomic E-state index is 12.7. The summed E-state index contributed by atoms with van der Waals surface area (Å²) in [7, 11) is -3.86. The summed E-state index contributed by atoms with van der Waals surface area (Å²) in [6.45, 7) is 1.34.